The first-order valence-corrected chi connectivity index (χ1v) is 5.66. The number of ether oxygens (including phenoxy) is 2. The van der Waals surface area contributed by atoms with Gasteiger partial charge in [-0.05, 0) is 24.6 Å². The second-order valence-electron chi connectivity index (χ2n) is 4.18. The molecule has 0 atom stereocenters. The summed E-state index contributed by atoms with van der Waals surface area (Å²) in [5.41, 5.74) is 3.54. The number of hydrogen-bond acceptors (Lipinski definition) is 4. The van der Waals surface area contributed by atoms with Gasteiger partial charge in [-0.25, -0.2) is 0 Å². The average Bonchev–Trinajstić information content (AvgIpc) is 2.32. The van der Waals surface area contributed by atoms with Gasteiger partial charge in [-0.2, -0.15) is 0 Å². The van der Waals surface area contributed by atoms with Crippen LogP contribution in [-0.4, -0.2) is 41.1 Å². The van der Waals surface area contributed by atoms with E-state index in [0.29, 0.717) is 6.54 Å². The van der Waals surface area contributed by atoms with Gasteiger partial charge in [0.1, 0.15) is 0 Å². The molecule has 0 saturated carbocycles. The number of nitrogens with one attached hydrogen (secondary N) is 1. The minimum Gasteiger partial charge on any atom is -0.380 e. The molecule has 0 aliphatic heterocycles. The van der Waals surface area contributed by atoms with E-state index in [1.807, 2.05) is 14.1 Å². The van der Waals surface area contributed by atoms with Crippen molar-refractivity contribution >= 4 is 11.4 Å². The number of methoxy groups -OCH3 is 2. The topological polar surface area (TPSA) is 33.7 Å². The highest BCUT2D eigenvalue weighted by Crippen LogP contribution is 2.22. The Labute approximate surface area is 104 Å². The zero-order chi connectivity index (χ0) is 12.8. The van der Waals surface area contributed by atoms with Crippen LogP contribution in [0, 0.1) is 6.92 Å². The first kappa shape index (κ1) is 13.8. The van der Waals surface area contributed by atoms with Crippen LogP contribution in [0.3, 0.4) is 0 Å². The van der Waals surface area contributed by atoms with Crippen molar-refractivity contribution in [3.05, 3.63) is 23.8 Å². The number of benzene rings is 1. The van der Waals surface area contributed by atoms with Crippen molar-refractivity contribution < 1.29 is 9.47 Å². The van der Waals surface area contributed by atoms with Gasteiger partial charge in [0, 0.05) is 39.7 Å². The Morgan fingerprint density at radius 2 is 1.88 bits per heavy atom. The Kier molecular flexibility index (Phi) is 5.25. The van der Waals surface area contributed by atoms with Crippen LogP contribution >= 0.6 is 0 Å². The summed E-state index contributed by atoms with van der Waals surface area (Å²) in [6, 6.07) is 6.29. The van der Waals surface area contributed by atoms with E-state index in [2.05, 4.69) is 35.3 Å². The summed E-state index contributed by atoms with van der Waals surface area (Å²) in [7, 11) is 7.35. The van der Waals surface area contributed by atoms with Crippen molar-refractivity contribution in [3.8, 4) is 0 Å². The molecule has 0 aliphatic rings. The van der Waals surface area contributed by atoms with Gasteiger partial charge >= 0.3 is 0 Å². The summed E-state index contributed by atoms with van der Waals surface area (Å²) >= 11 is 0. The first-order chi connectivity index (χ1) is 8.08. The van der Waals surface area contributed by atoms with Crippen molar-refractivity contribution in [2.24, 2.45) is 0 Å². The molecule has 1 N–H and O–H groups in total. The van der Waals surface area contributed by atoms with Crippen molar-refractivity contribution in [1.82, 2.24) is 0 Å². The Bertz CT molecular complexity index is 349. The minimum absolute atomic E-state index is 0.223. The summed E-state index contributed by atoms with van der Waals surface area (Å²) < 4.78 is 10.3. The fourth-order valence-electron chi connectivity index (χ4n) is 1.67. The third kappa shape index (κ3) is 3.91. The predicted octanol–water partition coefficient (Wildman–Crippen LogP) is 2.09. The molecule has 17 heavy (non-hydrogen) atoms. The lowest BCUT2D eigenvalue weighted by Crippen LogP contribution is -2.23. The van der Waals surface area contributed by atoms with Gasteiger partial charge in [-0.15, -0.1) is 0 Å². The third-order valence-electron chi connectivity index (χ3n) is 2.69. The van der Waals surface area contributed by atoms with Crippen LogP contribution in [0.1, 0.15) is 5.56 Å². The van der Waals surface area contributed by atoms with E-state index >= 15 is 0 Å². The Morgan fingerprint density at radius 1 is 1.24 bits per heavy atom. The Hall–Kier alpha value is -1.26. The highest BCUT2D eigenvalue weighted by atomic mass is 16.7. The third-order valence-corrected chi connectivity index (χ3v) is 2.69. The molecule has 0 aromatic heterocycles. The maximum Gasteiger partial charge on any atom is 0.173 e. The van der Waals surface area contributed by atoms with E-state index in [4.69, 9.17) is 9.47 Å². The van der Waals surface area contributed by atoms with Crippen LogP contribution < -0.4 is 10.2 Å². The highest BCUT2D eigenvalue weighted by Gasteiger charge is 2.06. The van der Waals surface area contributed by atoms with Crippen molar-refractivity contribution in [2.75, 3.05) is 45.1 Å². The summed E-state index contributed by atoms with van der Waals surface area (Å²) in [5, 5.41) is 3.29. The van der Waals surface area contributed by atoms with E-state index < -0.39 is 0 Å². The number of rotatable bonds is 6. The second-order valence-corrected chi connectivity index (χ2v) is 4.18. The number of nitrogens with zero attached hydrogens (tertiary/aromatic N) is 1. The predicted molar refractivity (Wildman–Crippen MR) is 71.8 cm³/mol. The summed E-state index contributed by atoms with van der Waals surface area (Å²) in [5.74, 6) is 0. The van der Waals surface area contributed by atoms with Crippen molar-refractivity contribution in [1.29, 1.82) is 0 Å². The number of aryl methyl sites for hydroxylation is 1. The monoisotopic (exact) mass is 238 g/mol. The smallest absolute Gasteiger partial charge is 0.173 e. The second kappa shape index (κ2) is 6.47. The van der Waals surface area contributed by atoms with Gasteiger partial charge in [0.25, 0.3) is 0 Å². The van der Waals surface area contributed by atoms with Gasteiger partial charge in [-0.1, -0.05) is 6.07 Å². The molecule has 1 aromatic carbocycles. The molecule has 0 fully saturated rings. The first-order valence-electron chi connectivity index (χ1n) is 5.66. The molecule has 0 radical (unpaired) electrons. The molecule has 1 aromatic rings. The maximum atomic E-state index is 5.13. The number of hydrogen-bond donors (Lipinski definition) is 1. The molecule has 0 bridgehead atoms. The number of anilines is 2. The lowest BCUT2D eigenvalue weighted by atomic mass is 10.1. The van der Waals surface area contributed by atoms with Gasteiger partial charge in [-0.3, -0.25) is 0 Å². The Morgan fingerprint density at radius 3 is 2.41 bits per heavy atom. The molecular formula is C13H22N2O2. The Balaban J connectivity index is 2.69. The zero-order valence-electron chi connectivity index (χ0n) is 11.3. The average molecular weight is 238 g/mol. The van der Waals surface area contributed by atoms with Crippen LogP contribution in [-0.2, 0) is 9.47 Å². The van der Waals surface area contributed by atoms with Crippen molar-refractivity contribution in [3.63, 3.8) is 0 Å². The van der Waals surface area contributed by atoms with Crippen LogP contribution in [0.2, 0.25) is 0 Å². The lowest BCUT2D eigenvalue weighted by Gasteiger charge is -2.19. The van der Waals surface area contributed by atoms with Gasteiger partial charge in [0.2, 0.25) is 0 Å². The summed E-state index contributed by atoms with van der Waals surface area (Å²) in [6.07, 6.45) is -0.223. The van der Waals surface area contributed by atoms with E-state index in [1.54, 1.807) is 14.2 Å². The molecule has 4 nitrogen and oxygen atoms in total. The normalized spacial score (nSPS) is 10.7. The minimum atomic E-state index is -0.223. The van der Waals surface area contributed by atoms with Crippen LogP contribution in [0.15, 0.2) is 18.2 Å². The summed E-state index contributed by atoms with van der Waals surface area (Å²) in [4.78, 5) is 2.10. The lowest BCUT2D eigenvalue weighted by molar-refractivity contribution is -0.0914. The fourth-order valence-corrected chi connectivity index (χ4v) is 1.67. The molecular weight excluding hydrogens is 216 g/mol. The van der Waals surface area contributed by atoms with E-state index in [-0.39, 0.29) is 6.29 Å². The van der Waals surface area contributed by atoms with Gasteiger partial charge < -0.3 is 19.7 Å². The zero-order valence-corrected chi connectivity index (χ0v) is 11.3. The van der Waals surface area contributed by atoms with Crippen molar-refractivity contribution in [2.45, 2.75) is 13.2 Å². The maximum absolute atomic E-state index is 5.13. The molecule has 0 heterocycles. The molecule has 0 spiro atoms. The molecule has 0 amide bonds. The molecule has 0 aliphatic carbocycles. The molecule has 0 unspecified atom stereocenters. The molecule has 96 valence electrons. The van der Waals surface area contributed by atoms with Gasteiger partial charge in [0.15, 0.2) is 6.29 Å². The fraction of sp³-hybridized carbons (Fsp3) is 0.538. The highest BCUT2D eigenvalue weighted by molar-refractivity contribution is 5.61. The standard InChI is InChI=1S/C13H22N2O2/c1-10-6-7-11(8-12(10)15(2)3)14-9-13(16-4)17-5/h6-8,13-14H,9H2,1-5H3. The van der Waals surface area contributed by atoms with E-state index in [0.717, 1.165) is 5.69 Å². The summed E-state index contributed by atoms with van der Waals surface area (Å²) in [6.45, 7) is 2.73. The van der Waals surface area contributed by atoms with Crippen LogP contribution in [0.4, 0.5) is 11.4 Å². The molecule has 1 rings (SSSR count). The quantitative estimate of drug-likeness (QED) is 0.769. The largest absolute Gasteiger partial charge is 0.380 e. The van der Waals surface area contributed by atoms with Crippen LogP contribution in [0.25, 0.3) is 0 Å². The molecule has 4 heteroatoms. The van der Waals surface area contributed by atoms with E-state index in [9.17, 15) is 0 Å². The van der Waals surface area contributed by atoms with E-state index in [1.165, 1.54) is 11.3 Å². The van der Waals surface area contributed by atoms with Gasteiger partial charge in [0.05, 0.1) is 6.54 Å². The SMILES string of the molecule is COC(CNc1ccc(C)c(N(C)C)c1)OC. The molecule has 0 saturated heterocycles. The van der Waals surface area contributed by atoms with Crippen LogP contribution in [0.5, 0.6) is 0 Å².